The molecule has 1 aromatic carbocycles. The third-order valence-corrected chi connectivity index (χ3v) is 4.99. The van der Waals surface area contributed by atoms with Crippen molar-refractivity contribution in [3.8, 4) is 11.5 Å². The van der Waals surface area contributed by atoms with Crippen LogP contribution < -0.4 is 19.7 Å². The SMILES string of the molecule is CCOc1ccc(CCNC(=O)c2cccnc2N2CCCCC2)cc1OCC. The van der Waals surface area contributed by atoms with Gasteiger partial charge in [-0.05, 0) is 69.4 Å². The molecular weight excluding hydrogens is 366 g/mol. The molecule has 1 aliphatic heterocycles. The molecule has 2 aromatic rings. The number of anilines is 1. The van der Waals surface area contributed by atoms with Crippen LogP contribution in [-0.4, -0.2) is 43.7 Å². The zero-order valence-corrected chi connectivity index (χ0v) is 17.4. The van der Waals surface area contributed by atoms with Crippen molar-refractivity contribution >= 4 is 11.7 Å². The number of hydrogen-bond acceptors (Lipinski definition) is 5. The third kappa shape index (κ3) is 5.62. The lowest BCUT2D eigenvalue weighted by Gasteiger charge is -2.29. The van der Waals surface area contributed by atoms with Crippen molar-refractivity contribution in [3.05, 3.63) is 47.7 Å². The van der Waals surface area contributed by atoms with Gasteiger partial charge in [-0.3, -0.25) is 4.79 Å². The summed E-state index contributed by atoms with van der Waals surface area (Å²) in [5.41, 5.74) is 1.75. The standard InChI is InChI=1S/C23H31N3O3/c1-3-28-20-11-10-18(17-21(20)29-4-2)12-14-25-23(27)19-9-8-13-24-22(19)26-15-6-5-7-16-26/h8-11,13,17H,3-7,12,14-16H2,1-2H3,(H,25,27). The highest BCUT2D eigenvalue weighted by Gasteiger charge is 2.19. The van der Waals surface area contributed by atoms with Gasteiger partial charge in [-0.1, -0.05) is 6.07 Å². The van der Waals surface area contributed by atoms with Crippen LogP contribution in [0.2, 0.25) is 0 Å². The maximum atomic E-state index is 12.8. The predicted molar refractivity (Wildman–Crippen MR) is 115 cm³/mol. The van der Waals surface area contributed by atoms with Gasteiger partial charge in [0.05, 0.1) is 18.8 Å². The molecule has 29 heavy (non-hydrogen) atoms. The first kappa shape index (κ1) is 21.0. The molecule has 6 nitrogen and oxygen atoms in total. The maximum absolute atomic E-state index is 12.8. The zero-order chi connectivity index (χ0) is 20.5. The first-order valence-corrected chi connectivity index (χ1v) is 10.6. The molecule has 0 radical (unpaired) electrons. The highest BCUT2D eigenvalue weighted by atomic mass is 16.5. The summed E-state index contributed by atoms with van der Waals surface area (Å²) < 4.78 is 11.3. The maximum Gasteiger partial charge on any atom is 0.255 e. The van der Waals surface area contributed by atoms with E-state index >= 15 is 0 Å². The summed E-state index contributed by atoms with van der Waals surface area (Å²) in [5.74, 6) is 2.22. The van der Waals surface area contributed by atoms with E-state index in [9.17, 15) is 4.79 Å². The van der Waals surface area contributed by atoms with Crippen molar-refractivity contribution in [2.24, 2.45) is 0 Å². The summed E-state index contributed by atoms with van der Waals surface area (Å²) in [5, 5.41) is 3.04. The number of nitrogens with zero attached hydrogens (tertiary/aromatic N) is 2. The molecule has 156 valence electrons. The number of hydrogen-bond donors (Lipinski definition) is 1. The highest BCUT2D eigenvalue weighted by Crippen LogP contribution is 2.28. The van der Waals surface area contributed by atoms with E-state index < -0.39 is 0 Å². The summed E-state index contributed by atoms with van der Waals surface area (Å²) >= 11 is 0. The van der Waals surface area contributed by atoms with E-state index in [1.807, 2.05) is 44.2 Å². The zero-order valence-electron chi connectivity index (χ0n) is 17.4. The topological polar surface area (TPSA) is 63.7 Å². The Bertz CT molecular complexity index is 804. The van der Waals surface area contributed by atoms with Gasteiger partial charge in [-0.2, -0.15) is 0 Å². The number of aromatic nitrogens is 1. The van der Waals surface area contributed by atoms with Crippen LogP contribution in [0, 0.1) is 0 Å². The van der Waals surface area contributed by atoms with E-state index in [1.165, 1.54) is 6.42 Å². The molecule has 2 heterocycles. The Kier molecular flexibility index (Phi) is 7.73. The van der Waals surface area contributed by atoms with Gasteiger partial charge in [0.2, 0.25) is 0 Å². The first-order valence-electron chi connectivity index (χ1n) is 10.6. The van der Waals surface area contributed by atoms with Crippen molar-refractivity contribution in [3.63, 3.8) is 0 Å². The van der Waals surface area contributed by atoms with Gasteiger partial charge in [0.15, 0.2) is 11.5 Å². The average molecular weight is 398 g/mol. The lowest BCUT2D eigenvalue weighted by molar-refractivity contribution is 0.0954. The van der Waals surface area contributed by atoms with Crippen LogP contribution in [0.4, 0.5) is 5.82 Å². The number of benzene rings is 1. The largest absolute Gasteiger partial charge is 0.490 e. The van der Waals surface area contributed by atoms with Crippen LogP contribution in [0.3, 0.4) is 0 Å². The molecule has 1 amide bonds. The fourth-order valence-electron chi connectivity index (χ4n) is 3.60. The second-order valence-electron chi connectivity index (χ2n) is 7.08. The smallest absolute Gasteiger partial charge is 0.255 e. The number of rotatable bonds is 9. The molecule has 0 spiro atoms. The highest BCUT2D eigenvalue weighted by molar-refractivity contribution is 5.98. The first-order chi connectivity index (χ1) is 14.2. The van der Waals surface area contributed by atoms with Crippen LogP contribution in [0.1, 0.15) is 49.0 Å². The molecule has 1 saturated heterocycles. The fourth-order valence-corrected chi connectivity index (χ4v) is 3.60. The van der Waals surface area contributed by atoms with Crippen molar-refractivity contribution < 1.29 is 14.3 Å². The predicted octanol–water partition coefficient (Wildman–Crippen LogP) is 3.84. The molecule has 1 N–H and O–H groups in total. The summed E-state index contributed by atoms with van der Waals surface area (Å²) in [6, 6.07) is 9.62. The monoisotopic (exact) mass is 397 g/mol. The van der Waals surface area contributed by atoms with Crippen LogP contribution in [-0.2, 0) is 6.42 Å². The minimum Gasteiger partial charge on any atom is -0.490 e. The summed E-state index contributed by atoms with van der Waals surface area (Å²) in [6.07, 6.45) is 6.03. The Labute approximate surface area is 173 Å². The van der Waals surface area contributed by atoms with Crippen LogP contribution in [0.15, 0.2) is 36.5 Å². The second kappa shape index (κ2) is 10.7. The lowest BCUT2D eigenvalue weighted by atomic mass is 10.1. The van der Waals surface area contributed by atoms with Crippen LogP contribution >= 0.6 is 0 Å². The van der Waals surface area contributed by atoms with E-state index in [-0.39, 0.29) is 5.91 Å². The van der Waals surface area contributed by atoms with Gasteiger partial charge in [-0.25, -0.2) is 4.98 Å². The van der Waals surface area contributed by atoms with Gasteiger partial charge in [0, 0.05) is 25.8 Å². The molecule has 6 heteroatoms. The van der Waals surface area contributed by atoms with Crippen LogP contribution in [0.5, 0.6) is 11.5 Å². The van der Waals surface area contributed by atoms with E-state index in [1.54, 1.807) is 6.20 Å². The van der Waals surface area contributed by atoms with E-state index in [0.717, 1.165) is 55.2 Å². The van der Waals surface area contributed by atoms with Gasteiger partial charge in [0.1, 0.15) is 5.82 Å². The quantitative estimate of drug-likeness (QED) is 0.696. The Balaban J connectivity index is 1.61. The molecule has 0 aliphatic carbocycles. The number of amides is 1. The Morgan fingerprint density at radius 2 is 1.83 bits per heavy atom. The number of carbonyl (C=O) groups excluding carboxylic acids is 1. The van der Waals surface area contributed by atoms with Crippen molar-refractivity contribution in [1.29, 1.82) is 0 Å². The number of carbonyl (C=O) groups is 1. The molecule has 1 aromatic heterocycles. The number of ether oxygens (including phenoxy) is 2. The Hall–Kier alpha value is -2.76. The molecule has 0 bridgehead atoms. The minimum atomic E-state index is -0.0744. The van der Waals surface area contributed by atoms with Crippen molar-refractivity contribution in [2.75, 3.05) is 37.7 Å². The van der Waals surface area contributed by atoms with Gasteiger partial charge in [0.25, 0.3) is 5.91 Å². The second-order valence-corrected chi connectivity index (χ2v) is 7.08. The van der Waals surface area contributed by atoms with Gasteiger partial charge < -0.3 is 19.7 Å². The Morgan fingerprint density at radius 3 is 2.59 bits per heavy atom. The number of nitrogens with one attached hydrogen (secondary N) is 1. The van der Waals surface area contributed by atoms with E-state index in [0.29, 0.717) is 25.3 Å². The molecule has 1 fully saturated rings. The molecular formula is C23H31N3O3. The summed E-state index contributed by atoms with van der Waals surface area (Å²) in [7, 11) is 0. The summed E-state index contributed by atoms with van der Waals surface area (Å²) in [4.78, 5) is 19.5. The van der Waals surface area contributed by atoms with Crippen molar-refractivity contribution in [2.45, 2.75) is 39.5 Å². The lowest BCUT2D eigenvalue weighted by Crippen LogP contribution is -2.34. The van der Waals surface area contributed by atoms with E-state index in [4.69, 9.17) is 9.47 Å². The molecule has 0 atom stereocenters. The van der Waals surface area contributed by atoms with Crippen LogP contribution in [0.25, 0.3) is 0 Å². The Morgan fingerprint density at radius 1 is 1.07 bits per heavy atom. The molecule has 0 saturated carbocycles. The van der Waals surface area contributed by atoms with Crippen molar-refractivity contribution in [1.82, 2.24) is 10.3 Å². The van der Waals surface area contributed by atoms with Gasteiger partial charge in [-0.15, -0.1) is 0 Å². The third-order valence-electron chi connectivity index (χ3n) is 4.99. The fraction of sp³-hybridized carbons (Fsp3) is 0.478. The van der Waals surface area contributed by atoms with E-state index in [2.05, 4.69) is 15.2 Å². The van der Waals surface area contributed by atoms with Gasteiger partial charge >= 0.3 is 0 Å². The molecule has 1 aliphatic rings. The molecule has 0 unspecified atom stereocenters. The average Bonchev–Trinajstić information content (AvgIpc) is 2.76. The minimum absolute atomic E-state index is 0.0744. The normalized spacial score (nSPS) is 13.8. The number of piperidine rings is 1. The summed E-state index contributed by atoms with van der Waals surface area (Å²) in [6.45, 7) is 7.56. The number of pyridine rings is 1. The molecule has 3 rings (SSSR count).